The van der Waals surface area contributed by atoms with Crippen molar-refractivity contribution in [3.05, 3.63) is 36.2 Å². The number of hydrogen-bond acceptors (Lipinski definition) is 4. The molecule has 0 radical (unpaired) electrons. The number of methoxy groups -OCH3 is 1. The van der Waals surface area contributed by atoms with E-state index in [-0.39, 0.29) is 17.4 Å². The average Bonchev–Trinajstić information content (AvgIpc) is 3.02. The van der Waals surface area contributed by atoms with E-state index in [1.807, 2.05) is 23.1 Å². The first kappa shape index (κ1) is 15.5. The van der Waals surface area contributed by atoms with Crippen LogP contribution in [-0.2, 0) is 4.74 Å². The number of rotatable bonds is 2. The maximum atomic E-state index is 13.0. The van der Waals surface area contributed by atoms with Gasteiger partial charge in [0.2, 0.25) is 0 Å². The fourth-order valence-electron chi connectivity index (χ4n) is 4.55. The van der Waals surface area contributed by atoms with Gasteiger partial charge in [0.15, 0.2) is 0 Å². The van der Waals surface area contributed by atoms with E-state index in [9.17, 15) is 4.79 Å². The second-order valence-electron chi connectivity index (χ2n) is 7.07. The summed E-state index contributed by atoms with van der Waals surface area (Å²) >= 11 is 0. The third kappa shape index (κ3) is 2.57. The summed E-state index contributed by atoms with van der Waals surface area (Å²) in [6.45, 7) is 1.64. The van der Waals surface area contributed by atoms with Gasteiger partial charge in [-0.15, -0.1) is 0 Å². The van der Waals surface area contributed by atoms with Crippen molar-refractivity contribution in [1.82, 2.24) is 14.9 Å². The predicted molar refractivity (Wildman–Crippen MR) is 91.8 cm³/mol. The Morgan fingerprint density at radius 2 is 2.00 bits per heavy atom. The Balaban J connectivity index is 1.59. The van der Waals surface area contributed by atoms with E-state index in [4.69, 9.17) is 4.74 Å². The number of carbonyl (C=O) groups excluding carboxylic acids is 1. The molecule has 2 aliphatic rings. The molecule has 1 saturated carbocycles. The zero-order valence-electron chi connectivity index (χ0n) is 14.1. The van der Waals surface area contributed by atoms with E-state index < -0.39 is 0 Å². The van der Waals surface area contributed by atoms with Gasteiger partial charge in [-0.1, -0.05) is 6.42 Å². The van der Waals surface area contributed by atoms with Crippen LogP contribution < -0.4 is 0 Å². The van der Waals surface area contributed by atoms with Crippen LogP contribution in [0.3, 0.4) is 0 Å². The molecule has 5 heteroatoms. The van der Waals surface area contributed by atoms with Gasteiger partial charge in [-0.2, -0.15) is 0 Å². The molecule has 1 saturated heterocycles. The second-order valence-corrected chi connectivity index (χ2v) is 7.07. The van der Waals surface area contributed by atoms with Gasteiger partial charge in [-0.3, -0.25) is 14.8 Å². The summed E-state index contributed by atoms with van der Waals surface area (Å²) < 4.78 is 5.74. The van der Waals surface area contributed by atoms with Crippen LogP contribution in [0.1, 0.15) is 42.5 Å². The van der Waals surface area contributed by atoms with Crippen molar-refractivity contribution in [3.63, 3.8) is 0 Å². The Morgan fingerprint density at radius 3 is 2.83 bits per heavy atom. The average molecular weight is 325 g/mol. The summed E-state index contributed by atoms with van der Waals surface area (Å²) in [6, 6.07) is 5.60. The quantitative estimate of drug-likeness (QED) is 0.851. The molecule has 5 nitrogen and oxygen atoms in total. The van der Waals surface area contributed by atoms with Crippen molar-refractivity contribution in [2.45, 2.75) is 38.2 Å². The van der Waals surface area contributed by atoms with Crippen molar-refractivity contribution < 1.29 is 9.53 Å². The lowest BCUT2D eigenvalue weighted by molar-refractivity contribution is -0.0295. The number of nitrogens with zero attached hydrogens (tertiary/aromatic N) is 3. The number of benzene rings is 1. The van der Waals surface area contributed by atoms with Crippen LogP contribution in [-0.4, -0.2) is 47.1 Å². The standard InChI is InChI=1S/C19H23N3O2/c1-24-17-4-2-7-19(17)8-3-11-22(13-19)18(23)14-5-6-15-16(12-14)21-10-9-20-15/h5-6,9-10,12,17H,2-4,7-8,11,13H2,1H3/t17-,19-/m1/s1. The molecular weight excluding hydrogens is 302 g/mol. The molecule has 4 rings (SSSR count). The topological polar surface area (TPSA) is 55.3 Å². The maximum Gasteiger partial charge on any atom is 0.253 e. The highest BCUT2D eigenvalue weighted by molar-refractivity contribution is 5.97. The molecule has 2 atom stereocenters. The van der Waals surface area contributed by atoms with Crippen LogP contribution in [0.15, 0.2) is 30.6 Å². The van der Waals surface area contributed by atoms with E-state index in [2.05, 4.69) is 9.97 Å². The molecule has 126 valence electrons. The van der Waals surface area contributed by atoms with Crippen LogP contribution in [0.4, 0.5) is 0 Å². The Labute approximate surface area is 142 Å². The Hall–Kier alpha value is -2.01. The molecule has 0 N–H and O–H groups in total. The molecular formula is C19H23N3O2. The Bertz CT molecular complexity index is 763. The molecule has 2 aromatic rings. The van der Waals surface area contributed by atoms with Gasteiger partial charge in [0.05, 0.1) is 17.1 Å². The molecule has 1 amide bonds. The van der Waals surface area contributed by atoms with Crippen LogP contribution in [0.25, 0.3) is 11.0 Å². The zero-order valence-corrected chi connectivity index (χ0v) is 14.1. The highest BCUT2D eigenvalue weighted by Gasteiger charge is 2.46. The normalized spacial score (nSPS) is 27.0. The van der Waals surface area contributed by atoms with Crippen LogP contribution >= 0.6 is 0 Å². The second kappa shape index (κ2) is 6.13. The molecule has 24 heavy (non-hydrogen) atoms. The Morgan fingerprint density at radius 1 is 1.21 bits per heavy atom. The monoisotopic (exact) mass is 325 g/mol. The van der Waals surface area contributed by atoms with E-state index in [1.54, 1.807) is 19.5 Å². The summed E-state index contributed by atoms with van der Waals surface area (Å²) in [6.07, 6.45) is 9.32. The van der Waals surface area contributed by atoms with Crippen LogP contribution in [0.2, 0.25) is 0 Å². The smallest absolute Gasteiger partial charge is 0.253 e. The summed E-state index contributed by atoms with van der Waals surface area (Å²) in [5.41, 5.74) is 2.44. The molecule has 1 aromatic carbocycles. The Kier molecular flexibility index (Phi) is 3.96. The van der Waals surface area contributed by atoms with Gasteiger partial charge in [-0.25, -0.2) is 0 Å². The van der Waals surface area contributed by atoms with Crippen LogP contribution in [0.5, 0.6) is 0 Å². The van der Waals surface area contributed by atoms with E-state index in [0.29, 0.717) is 5.56 Å². The third-order valence-corrected chi connectivity index (χ3v) is 5.72. The van der Waals surface area contributed by atoms with Gasteiger partial charge in [-0.05, 0) is 43.9 Å². The van der Waals surface area contributed by atoms with Crippen molar-refractivity contribution in [2.75, 3.05) is 20.2 Å². The molecule has 1 aromatic heterocycles. The zero-order chi connectivity index (χ0) is 16.6. The first-order chi connectivity index (χ1) is 11.7. The van der Waals surface area contributed by atoms with E-state index in [0.717, 1.165) is 37.0 Å². The lowest BCUT2D eigenvalue weighted by Crippen LogP contribution is -2.49. The number of fused-ring (bicyclic) bond motifs is 1. The van der Waals surface area contributed by atoms with Crippen molar-refractivity contribution in [3.8, 4) is 0 Å². The first-order valence-electron chi connectivity index (χ1n) is 8.75. The lowest BCUT2D eigenvalue weighted by Gasteiger charge is -2.43. The molecule has 1 aliphatic heterocycles. The SMILES string of the molecule is CO[C@@H]1CCC[C@]12CCCN(C(=O)c1ccc3nccnc3c1)C2. The molecule has 2 fully saturated rings. The van der Waals surface area contributed by atoms with Crippen molar-refractivity contribution in [1.29, 1.82) is 0 Å². The number of hydrogen-bond donors (Lipinski definition) is 0. The van der Waals surface area contributed by atoms with E-state index in [1.165, 1.54) is 19.3 Å². The summed E-state index contributed by atoms with van der Waals surface area (Å²) in [7, 11) is 1.81. The fraction of sp³-hybridized carbons (Fsp3) is 0.526. The molecule has 0 unspecified atom stereocenters. The minimum atomic E-state index is 0.100. The fourth-order valence-corrected chi connectivity index (χ4v) is 4.55. The minimum Gasteiger partial charge on any atom is -0.381 e. The predicted octanol–water partition coefficient (Wildman–Crippen LogP) is 3.05. The van der Waals surface area contributed by atoms with Crippen molar-refractivity contribution >= 4 is 16.9 Å². The summed E-state index contributed by atoms with van der Waals surface area (Å²) in [5, 5.41) is 0. The van der Waals surface area contributed by atoms with Gasteiger partial charge < -0.3 is 9.64 Å². The maximum absolute atomic E-state index is 13.0. The lowest BCUT2D eigenvalue weighted by atomic mass is 9.76. The summed E-state index contributed by atoms with van der Waals surface area (Å²) in [5.74, 6) is 0.100. The largest absolute Gasteiger partial charge is 0.381 e. The highest BCUT2D eigenvalue weighted by atomic mass is 16.5. The van der Waals surface area contributed by atoms with Gasteiger partial charge in [0.25, 0.3) is 5.91 Å². The van der Waals surface area contributed by atoms with Crippen LogP contribution in [0, 0.1) is 5.41 Å². The minimum absolute atomic E-state index is 0.100. The van der Waals surface area contributed by atoms with Gasteiger partial charge in [0, 0.05) is 43.6 Å². The number of ether oxygens (including phenoxy) is 1. The first-order valence-corrected chi connectivity index (χ1v) is 8.75. The number of amides is 1. The number of likely N-dealkylation sites (tertiary alicyclic amines) is 1. The van der Waals surface area contributed by atoms with Crippen molar-refractivity contribution in [2.24, 2.45) is 5.41 Å². The number of carbonyl (C=O) groups is 1. The van der Waals surface area contributed by atoms with Gasteiger partial charge in [0.1, 0.15) is 0 Å². The number of aromatic nitrogens is 2. The third-order valence-electron chi connectivity index (χ3n) is 5.72. The molecule has 2 heterocycles. The molecule has 0 bridgehead atoms. The highest BCUT2D eigenvalue weighted by Crippen LogP contribution is 2.46. The summed E-state index contributed by atoms with van der Waals surface area (Å²) in [4.78, 5) is 23.6. The van der Waals surface area contributed by atoms with E-state index >= 15 is 0 Å². The molecule has 1 spiro atoms. The molecule has 1 aliphatic carbocycles. The van der Waals surface area contributed by atoms with Gasteiger partial charge >= 0.3 is 0 Å². The number of piperidine rings is 1.